The Morgan fingerprint density at radius 1 is 0.927 bits per heavy atom. The third-order valence-corrected chi connectivity index (χ3v) is 9.58. The highest BCUT2D eigenvalue weighted by Crippen LogP contribution is 2.26. The number of carbonyl (C=O) groups excluding carboxylic acids is 2. The molecular formula is C32H38ClN3O4S. The number of benzene rings is 3. The first-order valence-corrected chi connectivity index (χ1v) is 16.0. The van der Waals surface area contributed by atoms with Gasteiger partial charge < -0.3 is 10.2 Å². The van der Waals surface area contributed by atoms with Crippen LogP contribution >= 0.6 is 11.6 Å². The Bertz CT molecular complexity index is 1410. The maximum absolute atomic E-state index is 14.1. The lowest BCUT2D eigenvalue weighted by Crippen LogP contribution is -2.54. The van der Waals surface area contributed by atoms with Gasteiger partial charge in [-0.25, -0.2) is 8.42 Å². The maximum atomic E-state index is 14.1. The van der Waals surface area contributed by atoms with Crippen LogP contribution in [-0.2, 0) is 26.2 Å². The zero-order chi connectivity index (χ0) is 29.4. The molecule has 218 valence electrons. The molecule has 0 bridgehead atoms. The monoisotopic (exact) mass is 595 g/mol. The molecule has 41 heavy (non-hydrogen) atoms. The molecule has 1 aliphatic rings. The van der Waals surface area contributed by atoms with E-state index in [1.165, 1.54) is 35.6 Å². The van der Waals surface area contributed by atoms with E-state index in [1.807, 2.05) is 38.1 Å². The summed E-state index contributed by atoms with van der Waals surface area (Å²) in [7, 11) is -4.13. The van der Waals surface area contributed by atoms with Crippen molar-refractivity contribution >= 4 is 39.1 Å². The summed E-state index contributed by atoms with van der Waals surface area (Å²) in [6.07, 6.45) is 5.56. The van der Waals surface area contributed by atoms with E-state index in [0.29, 0.717) is 17.1 Å². The van der Waals surface area contributed by atoms with Gasteiger partial charge in [0.2, 0.25) is 11.8 Å². The smallest absolute Gasteiger partial charge is 0.264 e. The lowest BCUT2D eigenvalue weighted by atomic mass is 9.95. The van der Waals surface area contributed by atoms with E-state index >= 15 is 0 Å². The Balaban J connectivity index is 1.68. The fraction of sp³-hybridized carbons (Fsp3) is 0.375. The van der Waals surface area contributed by atoms with Crippen LogP contribution < -0.4 is 9.62 Å². The van der Waals surface area contributed by atoms with Gasteiger partial charge in [0.05, 0.1) is 10.6 Å². The van der Waals surface area contributed by atoms with Crippen molar-refractivity contribution < 1.29 is 18.0 Å². The van der Waals surface area contributed by atoms with Crippen LogP contribution in [0.1, 0.15) is 56.6 Å². The largest absolute Gasteiger partial charge is 0.352 e. The Hall–Kier alpha value is -3.36. The van der Waals surface area contributed by atoms with Crippen LogP contribution in [0.4, 0.5) is 5.69 Å². The number of para-hydroxylation sites is 1. The van der Waals surface area contributed by atoms with Gasteiger partial charge in [0.25, 0.3) is 10.0 Å². The molecule has 0 spiro atoms. The number of sulfonamides is 1. The van der Waals surface area contributed by atoms with Crippen molar-refractivity contribution in [3.05, 3.63) is 95.0 Å². The predicted octanol–water partition coefficient (Wildman–Crippen LogP) is 6.10. The van der Waals surface area contributed by atoms with Crippen LogP contribution in [0.15, 0.2) is 83.8 Å². The lowest BCUT2D eigenvalue weighted by molar-refractivity contribution is -0.140. The fourth-order valence-corrected chi connectivity index (χ4v) is 6.75. The number of hydrogen-bond donors (Lipinski definition) is 1. The lowest BCUT2D eigenvalue weighted by Gasteiger charge is -2.34. The second-order valence-corrected chi connectivity index (χ2v) is 12.9. The number of rotatable bonds is 11. The zero-order valence-electron chi connectivity index (χ0n) is 23.6. The Kier molecular flexibility index (Phi) is 10.5. The van der Waals surface area contributed by atoms with Gasteiger partial charge in [-0.15, -0.1) is 0 Å². The van der Waals surface area contributed by atoms with Gasteiger partial charge >= 0.3 is 0 Å². The number of carbonyl (C=O) groups is 2. The molecule has 7 nitrogen and oxygen atoms in total. The Labute approximate surface area is 248 Å². The SMILES string of the molecule is CC[C@H](C(=O)NC1CCCCC1)N(Cc1ccc(C)cc1)C(=O)CN(c1ccccc1)S(=O)(=O)c1ccc(Cl)cc1. The second-order valence-electron chi connectivity index (χ2n) is 10.6. The van der Waals surface area contributed by atoms with Gasteiger partial charge in [-0.3, -0.25) is 13.9 Å². The Morgan fingerprint density at radius 2 is 1.56 bits per heavy atom. The summed E-state index contributed by atoms with van der Waals surface area (Å²) < 4.78 is 28.8. The van der Waals surface area contributed by atoms with Gasteiger partial charge in [0.15, 0.2) is 0 Å². The van der Waals surface area contributed by atoms with Crippen LogP contribution in [0.5, 0.6) is 0 Å². The van der Waals surface area contributed by atoms with Crippen LogP contribution in [0.25, 0.3) is 0 Å². The molecule has 4 rings (SSSR count). The standard InChI is InChI=1S/C32H38ClN3O4S/c1-3-30(32(38)34-27-10-6-4-7-11-27)35(22-25-16-14-24(2)15-17-25)31(37)23-36(28-12-8-5-9-13-28)41(39,40)29-20-18-26(33)19-21-29/h5,8-9,12-21,27,30H,3-4,6-7,10-11,22-23H2,1-2H3,(H,34,38)/t30-/m1/s1. The number of hydrogen-bond acceptors (Lipinski definition) is 4. The molecule has 2 amide bonds. The number of halogens is 1. The fourth-order valence-electron chi connectivity index (χ4n) is 5.21. The molecule has 0 aromatic heterocycles. The molecule has 0 heterocycles. The molecule has 0 unspecified atom stereocenters. The maximum Gasteiger partial charge on any atom is 0.264 e. The normalized spacial score (nSPS) is 14.7. The summed E-state index contributed by atoms with van der Waals surface area (Å²) in [6, 6.07) is 21.5. The average Bonchev–Trinajstić information content (AvgIpc) is 2.98. The second kappa shape index (κ2) is 14.0. The molecular weight excluding hydrogens is 558 g/mol. The first-order valence-electron chi connectivity index (χ1n) is 14.2. The van der Waals surface area contributed by atoms with Crippen molar-refractivity contribution in [2.24, 2.45) is 0 Å². The molecule has 1 aliphatic carbocycles. The Morgan fingerprint density at radius 3 is 2.17 bits per heavy atom. The van der Waals surface area contributed by atoms with Gasteiger partial charge in [0, 0.05) is 17.6 Å². The van der Waals surface area contributed by atoms with E-state index in [-0.39, 0.29) is 23.4 Å². The molecule has 0 saturated heterocycles. The molecule has 9 heteroatoms. The summed E-state index contributed by atoms with van der Waals surface area (Å²) in [4.78, 5) is 29.3. The van der Waals surface area contributed by atoms with Gasteiger partial charge in [-0.05, 0) is 68.1 Å². The van der Waals surface area contributed by atoms with Crippen LogP contribution in [0.2, 0.25) is 5.02 Å². The number of nitrogens with one attached hydrogen (secondary N) is 1. The van der Waals surface area contributed by atoms with Crippen molar-refractivity contribution in [2.45, 2.75) is 75.9 Å². The number of amides is 2. The summed E-state index contributed by atoms with van der Waals surface area (Å²) in [5.41, 5.74) is 2.29. The van der Waals surface area contributed by atoms with Crippen molar-refractivity contribution in [3.63, 3.8) is 0 Å². The van der Waals surface area contributed by atoms with E-state index in [1.54, 1.807) is 30.3 Å². The molecule has 1 atom stereocenters. The van der Waals surface area contributed by atoms with Crippen molar-refractivity contribution in [1.82, 2.24) is 10.2 Å². The minimum absolute atomic E-state index is 0.0192. The van der Waals surface area contributed by atoms with Crippen LogP contribution in [-0.4, -0.2) is 43.8 Å². The highest BCUT2D eigenvalue weighted by Gasteiger charge is 2.34. The van der Waals surface area contributed by atoms with Gasteiger partial charge in [-0.1, -0.05) is 85.8 Å². The quantitative estimate of drug-likeness (QED) is 0.290. The van der Waals surface area contributed by atoms with E-state index in [4.69, 9.17) is 11.6 Å². The molecule has 1 N–H and O–H groups in total. The highest BCUT2D eigenvalue weighted by atomic mass is 35.5. The van der Waals surface area contributed by atoms with E-state index in [0.717, 1.165) is 41.1 Å². The molecule has 0 radical (unpaired) electrons. The zero-order valence-corrected chi connectivity index (χ0v) is 25.2. The first-order chi connectivity index (χ1) is 19.7. The van der Waals surface area contributed by atoms with E-state index in [2.05, 4.69) is 5.32 Å². The topological polar surface area (TPSA) is 86.8 Å². The predicted molar refractivity (Wildman–Crippen MR) is 163 cm³/mol. The highest BCUT2D eigenvalue weighted by molar-refractivity contribution is 7.92. The van der Waals surface area contributed by atoms with Crippen molar-refractivity contribution in [3.8, 4) is 0 Å². The molecule has 3 aromatic carbocycles. The summed E-state index contributed by atoms with van der Waals surface area (Å²) >= 11 is 6.01. The molecule has 0 aliphatic heterocycles. The molecule has 1 saturated carbocycles. The number of anilines is 1. The average molecular weight is 596 g/mol. The van der Waals surface area contributed by atoms with Crippen LogP contribution in [0.3, 0.4) is 0 Å². The van der Waals surface area contributed by atoms with E-state index < -0.39 is 28.5 Å². The first kappa shape index (κ1) is 30.6. The molecule has 3 aromatic rings. The van der Waals surface area contributed by atoms with E-state index in [9.17, 15) is 18.0 Å². The van der Waals surface area contributed by atoms with Crippen molar-refractivity contribution in [1.29, 1.82) is 0 Å². The third-order valence-electron chi connectivity index (χ3n) is 7.54. The van der Waals surface area contributed by atoms with Crippen LogP contribution in [0, 0.1) is 6.92 Å². The minimum Gasteiger partial charge on any atom is -0.352 e. The summed E-state index contributed by atoms with van der Waals surface area (Å²) in [5.74, 6) is -0.663. The summed E-state index contributed by atoms with van der Waals surface area (Å²) in [6.45, 7) is 3.58. The van der Waals surface area contributed by atoms with Crippen molar-refractivity contribution in [2.75, 3.05) is 10.8 Å². The number of aryl methyl sites for hydroxylation is 1. The van der Waals surface area contributed by atoms with Gasteiger partial charge in [0.1, 0.15) is 12.6 Å². The third kappa shape index (κ3) is 7.89. The molecule has 1 fully saturated rings. The minimum atomic E-state index is -4.13. The number of nitrogens with zero attached hydrogens (tertiary/aromatic N) is 2. The summed E-state index contributed by atoms with van der Waals surface area (Å²) in [5, 5.41) is 3.58. The van der Waals surface area contributed by atoms with Gasteiger partial charge in [-0.2, -0.15) is 0 Å².